The third kappa shape index (κ3) is 4.33. The maximum atomic E-state index is 12.4. The third-order valence-corrected chi connectivity index (χ3v) is 5.91. The number of anilines is 1. The van der Waals surface area contributed by atoms with Crippen molar-refractivity contribution in [2.45, 2.75) is 19.5 Å². The van der Waals surface area contributed by atoms with Crippen molar-refractivity contribution in [3.8, 4) is 0 Å². The molecule has 4 rings (SSSR count). The number of hydrogen-bond donors (Lipinski definition) is 1. The Hall–Kier alpha value is -1.92. The van der Waals surface area contributed by atoms with Gasteiger partial charge >= 0.3 is 0 Å². The first-order valence-electron chi connectivity index (χ1n) is 8.58. The van der Waals surface area contributed by atoms with E-state index in [-0.39, 0.29) is 5.91 Å². The van der Waals surface area contributed by atoms with Crippen LogP contribution in [0, 0.1) is 0 Å². The number of amides is 1. The molecule has 4 nitrogen and oxygen atoms in total. The monoisotopic (exact) mass is 417 g/mol. The Balaban J connectivity index is 1.40. The van der Waals surface area contributed by atoms with Gasteiger partial charge in [0.25, 0.3) is 5.91 Å². The van der Waals surface area contributed by atoms with Gasteiger partial charge in [-0.05, 0) is 35.7 Å². The Bertz CT molecular complexity index is 989. The van der Waals surface area contributed by atoms with Gasteiger partial charge in [-0.25, -0.2) is 4.98 Å². The molecule has 0 saturated carbocycles. The van der Waals surface area contributed by atoms with Crippen molar-refractivity contribution in [2.24, 2.45) is 0 Å². The molecule has 0 fully saturated rings. The predicted molar refractivity (Wildman–Crippen MR) is 111 cm³/mol. The lowest BCUT2D eigenvalue weighted by atomic mass is 10.00. The van der Waals surface area contributed by atoms with Crippen LogP contribution in [0.5, 0.6) is 0 Å². The summed E-state index contributed by atoms with van der Waals surface area (Å²) in [6.45, 7) is 2.69. The standard InChI is InChI=1S/C20H17Cl2N3OS/c21-15-5-6-18(22)17(9-15)19(26)24-20-23-16(12-27-20)11-25-8-7-13-3-1-2-4-14(13)10-25/h1-6,9,12H,7-8,10-11H2,(H,23,24,26). The van der Waals surface area contributed by atoms with Crippen molar-refractivity contribution in [1.29, 1.82) is 0 Å². The molecule has 27 heavy (non-hydrogen) atoms. The van der Waals surface area contributed by atoms with Crippen LogP contribution in [0.15, 0.2) is 47.8 Å². The zero-order valence-corrected chi connectivity index (χ0v) is 16.7. The van der Waals surface area contributed by atoms with E-state index < -0.39 is 0 Å². The maximum absolute atomic E-state index is 12.4. The lowest BCUT2D eigenvalue weighted by Crippen LogP contribution is -2.30. The number of halogens is 2. The van der Waals surface area contributed by atoms with E-state index in [0.29, 0.717) is 20.7 Å². The van der Waals surface area contributed by atoms with Gasteiger partial charge in [0.1, 0.15) is 0 Å². The highest BCUT2D eigenvalue weighted by Crippen LogP contribution is 2.25. The molecule has 1 aliphatic heterocycles. The molecule has 0 radical (unpaired) electrons. The van der Waals surface area contributed by atoms with Gasteiger partial charge in [-0.3, -0.25) is 15.0 Å². The summed E-state index contributed by atoms with van der Waals surface area (Å²) in [6.07, 6.45) is 1.05. The molecule has 3 aromatic rings. The van der Waals surface area contributed by atoms with E-state index in [1.807, 2.05) is 5.38 Å². The maximum Gasteiger partial charge on any atom is 0.259 e. The van der Waals surface area contributed by atoms with Gasteiger partial charge < -0.3 is 0 Å². The molecule has 0 atom stereocenters. The highest BCUT2D eigenvalue weighted by atomic mass is 35.5. The van der Waals surface area contributed by atoms with Crippen LogP contribution in [0.2, 0.25) is 10.0 Å². The van der Waals surface area contributed by atoms with Crippen LogP contribution in [-0.4, -0.2) is 22.3 Å². The van der Waals surface area contributed by atoms with Crippen molar-refractivity contribution in [1.82, 2.24) is 9.88 Å². The molecular weight excluding hydrogens is 401 g/mol. The summed E-state index contributed by atoms with van der Waals surface area (Å²) in [5.41, 5.74) is 4.10. The SMILES string of the molecule is O=C(Nc1nc(CN2CCc3ccccc3C2)cs1)c1cc(Cl)ccc1Cl. The Labute approximate surface area is 171 Å². The van der Waals surface area contributed by atoms with Gasteiger partial charge in [0.2, 0.25) is 0 Å². The fourth-order valence-corrected chi connectivity index (χ4v) is 4.26. The normalized spacial score (nSPS) is 14.0. The molecule has 2 aromatic carbocycles. The molecule has 1 aromatic heterocycles. The topological polar surface area (TPSA) is 45.2 Å². The number of carbonyl (C=O) groups is 1. The van der Waals surface area contributed by atoms with Crippen LogP contribution in [0.4, 0.5) is 5.13 Å². The van der Waals surface area contributed by atoms with Crippen molar-refractivity contribution < 1.29 is 4.79 Å². The van der Waals surface area contributed by atoms with Crippen molar-refractivity contribution in [3.05, 3.63) is 80.3 Å². The van der Waals surface area contributed by atoms with Crippen LogP contribution in [-0.2, 0) is 19.5 Å². The van der Waals surface area contributed by atoms with Gasteiger partial charge in [-0.1, -0.05) is 47.5 Å². The van der Waals surface area contributed by atoms with E-state index in [1.165, 1.54) is 22.5 Å². The van der Waals surface area contributed by atoms with Crippen molar-refractivity contribution in [3.63, 3.8) is 0 Å². The van der Waals surface area contributed by atoms with Gasteiger partial charge in [-0.2, -0.15) is 0 Å². The summed E-state index contributed by atoms with van der Waals surface area (Å²) in [4.78, 5) is 19.3. The highest BCUT2D eigenvalue weighted by Gasteiger charge is 2.18. The smallest absolute Gasteiger partial charge is 0.259 e. The Morgan fingerprint density at radius 2 is 2.00 bits per heavy atom. The Morgan fingerprint density at radius 1 is 1.19 bits per heavy atom. The average molecular weight is 418 g/mol. The predicted octanol–water partition coefficient (Wildman–Crippen LogP) is 5.26. The number of rotatable bonds is 4. The molecule has 1 aliphatic rings. The number of benzene rings is 2. The summed E-state index contributed by atoms with van der Waals surface area (Å²) < 4.78 is 0. The van der Waals surface area contributed by atoms with E-state index >= 15 is 0 Å². The second-order valence-electron chi connectivity index (χ2n) is 6.45. The molecule has 0 bridgehead atoms. The number of thiazole rings is 1. The molecular formula is C20H17Cl2N3OS. The van der Waals surface area contributed by atoms with Gasteiger partial charge in [0.15, 0.2) is 5.13 Å². The Kier molecular flexibility index (Phi) is 5.45. The van der Waals surface area contributed by atoms with E-state index in [2.05, 4.69) is 39.5 Å². The summed E-state index contributed by atoms with van der Waals surface area (Å²) >= 11 is 13.5. The van der Waals surface area contributed by atoms with Crippen molar-refractivity contribution >= 4 is 45.6 Å². The molecule has 1 amide bonds. The van der Waals surface area contributed by atoms with Crippen LogP contribution in [0.1, 0.15) is 27.2 Å². The number of nitrogens with one attached hydrogen (secondary N) is 1. The molecule has 0 aliphatic carbocycles. The fraction of sp³-hybridized carbons (Fsp3) is 0.200. The minimum Gasteiger partial charge on any atom is -0.298 e. The molecule has 1 N–H and O–H groups in total. The van der Waals surface area contributed by atoms with Gasteiger partial charge in [0.05, 0.1) is 16.3 Å². The van der Waals surface area contributed by atoms with Crippen LogP contribution in [0.3, 0.4) is 0 Å². The molecule has 7 heteroatoms. The molecule has 0 unspecified atom stereocenters. The summed E-state index contributed by atoms with van der Waals surface area (Å²) in [6, 6.07) is 13.4. The van der Waals surface area contributed by atoms with Crippen LogP contribution >= 0.6 is 34.5 Å². The first-order chi connectivity index (χ1) is 13.1. The molecule has 0 spiro atoms. The van der Waals surface area contributed by atoms with Crippen LogP contribution < -0.4 is 5.32 Å². The third-order valence-electron chi connectivity index (χ3n) is 4.54. The van der Waals surface area contributed by atoms with E-state index in [1.54, 1.807) is 18.2 Å². The van der Waals surface area contributed by atoms with Gasteiger partial charge in [-0.15, -0.1) is 11.3 Å². The second kappa shape index (κ2) is 7.98. The number of carbonyl (C=O) groups excluding carboxylic acids is 1. The number of nitrogens with zero attached hydrogens (tertiary/aromatic N) is 2. The molecule has 2 heterocycles. The minimum absolute atomic E-state index is 0.310. The van der Waals surface area contributed by atoms with Crippen LogP contribution in [0.25, 0.3) is 0 Å². The fourth-order valence-electron chi connectivity index (χ4n) is 3.19. The summed E-state index contributed by atoms with van der Waals surface area (Å²) in [5.74, 6) is -0.310. The largest absolute Gasteiger partial charge is 0.298 e. The quantitative estimate of drug-likeness (QED) is 0.629. The number of hydrogen-bond acceptors (Lipinski definition) is 4. The second-order valence-corrected chi connectivity index (χ2v) is 8.15. The summed E-state index contributed by atoms with van der Waals surface area (Å²) in [5, 5.41) is 6.18. The number of aromatic nitrogens is 1. The summed E-state index contributed by atoms with van der Waals surface area (Å²) in [7, 11) is 0. The zero-order chi connectivity index (χ0) is 18.8. The van der Waals surface area contributed by atoms with E-state index in [9.17, 15) is 4.79 Å². The Morgan fingerprint density at radius 3 is 2.85 bits per heavy atom. The lowest BCUT2D eigenvalue weighted by molar-refractivity contribution is 0.102. The van der Waals surface area contributed by atoms with E-state index in [4.69, 9.17) is 23.2 Å². The highest BCUT2D eigenvalue weighted by molar-refractivity contribution is 7.14. The number of fused-ring (bicyclic) bond motifs is 1. The molecule has 138 valence electrons. The minimum atomic E-state index is -0.310. The first-order valence-corrected chi connectivity index (χ1v) is 10.2. The lowest BCUT2D eigenvalue weighted by Gasteiger charge is -2.27. The zero-order valence-electron chi connectivity index (χ0n) is 14.4. The van der Waals surface area contributed by atoms with Gasteiger partial charge in [0, 0.05) is 30.0 Å². The first kappa shape index (κ1) is 18.4. The molecule has 0 saturated heterocycles. The average Bonchev–Trinajstić information content (AvgIpc) is 3.10. The van der Waals surface area contributed by atoms with Crippen molar-refractivity contribution in [2.75, 3.05) is 11.9 Å². The van der Waals surface area contributed by atoms with E-state index in [0.717, 1.165) is 31.7 Å².